The van der Waals surface area contributed by atoms with Gasteiger partial charge in [-0.2, -0.15) is 13.2 Å². The summed E-state index contributed by atoms with van der Waals surface area (Å²) in [4.78, 5) is 0. The van der Waals surface area contributed by atoms with Gasteiger partial charge in [-0.25, -0.2) is 0 Å². The maximum Gasteiger partial charge on any atom is 0.416 e. The van der Waals surface area contributed by atoms with Gasteiger partial charge in [0.15, 0.2) is 0 Å². The summed E-state index contributed by atoms with van der Waals surface area (Å²) in [7, 11) is 0. The first-order valence-corrected chi connectivity index (χ1v) is 4.44. The van der Waals surface area contributed by atoms with Gasteiger partial charge in [0.1, 0.15) is 0 Å². The third-order valence-corrected chi connectivity index (χ3v) is 2.39. The summed E-state index contributed by atoms with van der Waals surface area (Å²) < 4.78 is 36.6. The highest BCUT2D eigenvalue weighted by Gasteiger charge is 2.30. The van der Waals surface area contributed by atoms with Crippen molar-refractivity contribution in [1.29, 1.82) is 0 Å². The summed E-state index contributed by atoms with van der Waals surface area (Å²) in [5.74, 6) is 0. The van der Waals surface area contributed by atoms with Crippen LogP contribution in [0.25, 0.3) is 5.57 Å². The number of rotatable bonds is 1. The number of allylic oxidation sites excluding steroid dienone is 2. The van der Waals surface area contributed by atoms with Crippen molar-refractivity contribution in [3.05, 3.63) is 41.5 Å². The summed E-state index contributed by atoms with van der Waals surface area (Å²) in [6.07, 6.45) is -0.170. The van der Waals surface area contributed by atoms with Crippen molar-refractivity contribution in [3.63, 3.8) is 0 Å². The zero-order valence-corrected chi connectivity index (χ0v) is 7.43. The molecular formula is C11H9F3. The van der Waals surface area contributed by atoms with E-state index in [4.69, 9.17) is 0 Å². The van der Waals surface area contributed by atoms with Gasteiger partial charge < -0.3 is 0 Å². The van der Waals surface area contributed by atoms with Crippen LogP contribution in [0.4, 0.5) is 13.2 Å². The number of alkyl halides is 3. The Kier molecular flexibility index (Phi) is 2.10. The minimum absolute atomic E-state index is 0.582. The molecule has 0 bridgehead atoms. The molecule has 1 aliphatic carbocycles. The average Bonchev–Trinajstić information content (AvgIpc) is 2.00. The van der Waals surface area contributed by atoms with Crippen molar-refractivity contribution in [2.45, 2.75) is 19.0 Å². The van der Waals surface area contributed by atoms with Gasteiger partial charge in [0.05, 0.1) is 5.56 Å². The van der Waals surface area contributed by atoms with Crippen LogP contribution >= 0.6 is 0 Å². The third kappa shape index (κ3) is 1.67. The van der Waals surface area contributed by atoms with Gasteiger partial charge in [-0.15, -0.1) is 0 Å². The fourth-order valence-electron chi connectivity index (χ4n) is 1.42. The van der Waals surface area contributed by atoms with E-state index in [0.29, 0.717) is 0 Å². The molecule has 0 aliphatic heterocycles. The molecule has 1 aromatic rings. The van der Waals surface area contributed by atoms with Crippen molar-refractivity contribution in [1.82, 2.24) is 0 Å². The van der Waals surface area contributed by atoms with E-state index in [1.54, 1.807) is 0 Å². The summed E-state index contributed by atoms with van der Waals surface area (Å²) in [6.45, 7) is 0. The molecule has 1 aromatic carbocycles. The first-order valence-electron chi connectivity index (χ1n) is 4.44. The summed E-state index contributed by atoms with van der Waals surface area (Å²) in [5, 5.41) is 0. The van der Waals surface area contributed by atoms with Crippen LogP contribution in [-0.4, -0.2) is 0 Å². The predicted molar refractivity (Wildman–Crippen MR) is 48.7 cm³/mol. The molecule has 0 radical (unpaired) electrons. The Bertz CT molecular complexity index is 357. The molecule has 2 rings (SSSR count). The lowest BCUT2D eigenvalue weighted by Gasteiger charge is -2.15. The maximum absolute atomic E-state index is 12.2. The topological polar surface area (TPSA) is 0 Å². The summed E-state index contributed by atoms with van der Waals surface area (Å²) in [5.41, 5.74) is 1.48. The van der Waals surface area contributed by atoms with E-state index in [2.05, 4.69) is 0 Å². The number of hydrogen-bond donors (Lipinski definition) is 0. The number of benzene rings is 1. The smallest absolute Gasteiger partial charge is 0.166 e. The fourth-order valence-corrected chi connectivity index (χ4v) is 1.42. The third-order valence-electron chi connectivity index (χ3n) is 2.39. The van der Waals surface area contributed by atoms with E-state index in [9.17, 15) is 13.2 Å². The fraction of sp³-hybridized carbons (Fsp3) is 0.273. The van der Waals surface area contributed by atoms with Gasteiger partial charge >= 0.3 is 6.18 Å². The maximum atomic E-state index is 12.2. The lowest BCUT2D eigenvalue weighted by atomic mass is 9.91. The van der Waals surface area contributed by atoms with Gasteiger partial charge in [0.2, 0.25) is 0 Å². The Balaban J connectivity index is 2.26. The van der Waals surface area contributed by atoms with Crippen molar-refractivity contribution >= 4 is 5.57 Å². The second kappa shape index (κ2) is 3.15. The van der Waals surface area contributed by atoms with Crippen molar-refractivity contribution in [3.8, 4) is 0 Å². The first kappa shape index (κ1) is 9.31. The summed E-state index contributed by atoms with van der Waals surface area (Å²) in [6, 6.07) is 5.34. The zero-order chi connectivity index (χ0) is 10.2. The van der Waals surface area contributed by atoms with E-state index in [-0.39, 0.29) is 0 Å². The van der Waals surface area contributed by atoms with Crippen molar-refractivity contribution in [2.24, 2.45) is 0 Å². The molecular weight excluding hydrogens is 189 g/mol. The SMILES string of the molecule is FC(F)(F)c1ccc(C2=CCC2)cc1. The predicted octanol–water partition coefficient (Wildman–Crippen LogP) is 3.88. The highest BCUT2D eigenvalue weighted by atomic mass is 19.4. The van der Waals surface area contributed by atoms with E-state index >= 15 is 0 Å². The zero-order valence-electron chi connectivity index (χ0n) is 7.43. The first-order chi connectivity index (χ1) is 6.57. The van der Waals surface area contributed by atoms with Gasteiger partial charge in [-0.3, -0.25) is 0 Å². The Hall–Kier alpha value is -1.25. The molecule has 0 amide bonds. The van der Waals surface area contributed by atoms with Gasteiger partial charge in [-0.1, -0.05) is 18.2 Å². The van der Waals surface area contributed by atoms with E-state index < -0.39 is 11.7 Å². The number of hydrogen-bond acceptors (Lipinski definition) is 0. The highest BCUT2D eigenvalue weighted by Crippen LogP contribution is 2.32. The molecule has 1 aliphatic rings. The standard InChI is InChI=1S/C11H9F3/c12-11(13,14)10-6-4-9(5-7-10)8-2-1-3-8/h2,4-7H,1,3H2. The Morgan fingerprint density at radius 1 is 1.00 bits per heavy atom. The van der Waals surface area contributed by atoms with E-state index in [0.717, 1.165) is 36.1 Å². The van der Waals surface area contributed by atoms with Gasteiger partial charge in [0.25, 0.3) is 0 Å². The molecule has 0 aromatic heterocycles. The van der Waals surface area contributed by atoms with Gasteiger partial charge in [0, 0.05) is 0 Å². The van der Waals surface area contributed by atoms with Crippen LogP contribution < -0.4 is 0 Å². The summed E-state index contributed by atoms with van der Waals surface area (Å²) >= 11 is 0. The lowest BCUT2D eigenvalue weighted by molar-refractivity contribution is -0.137. The van der Waals surface area contributed by atoms with Crippen LogP contribution in [0.3, 0.4) is 0 Å². The Morgan fingerprint density at radius 3 is 1.93 bits per heavy atom. The van der Waals surface area contributed by atoms with E-state index in [1.807, 2.05) is 6.08 Å². The Morgan fingerprint density at radius 2 is 1.57 bits per heavy atom. The van der Waals surface area contributed by atoms with Crippen LogP contribution in [-0.2, 0) is 6.18 Å². The normalized spacial score (nSPS) is 16.1. The monoisotopic (exact) mass is 198 g/mol. The average molecular weight is 198 g/mol. The second-order valence-electron chi connectivity index (χ2n) is 3.34. The molecule has 0 heterocycles. The van der Waals surface area contributed by atoms with Crippen molar-refractivity contribution in [2.75, 3.05) is 0 Å². The number of halogens is 3. The molecule has 0 nitrogen and oxygen atoms in total. The lowest BCUT2D eigenvalue weighted by Crippen LogP contribution is -2.04. The van der Waals surface area contributed by atoms with Crippen LogP contribution in [0.15, 0.2) is 30.3 Å². The van der Waals surface area contributed by atoms with Gasteiger partial charge in [-0.05, 0) is 36.1 Å². The quantitative estimate of drug-likeness (QED) is 0.642. The van der Waals surface area contributed by atoms with Crippen molar-refractivity contribution < 1.29 is 13.2 Å². The molecule has 3 heteroatoms. The molecule has 14 heavy (non-hydrogen) atoms. The molecule has 0 N–H and O–H groups in total. The molecule has 0 unspecified atom stereocenters. The molecule has 0 saturated carbocycles. The Labute approximate surface area is 80.1 Å². The minimum Gasteiger partial charge on any atom is -0.166 e. The second-order valence-corrected chi connectivity index (χ2v) is 3.34. The molecule has 0 spiro atoms. The minimum atomic E-state index is -4.23. The van der Waals surface area contributed by atoms with Crippen LogP contribution in [0, 0.1) is 0 Å². The highest BCUT2D eigenvalue weighted by molar-refractivity contribution is 5.69. The van der Waals surface area contributed by atoms with E-state index in [1.165, 1.54) is 12.1 Å². The van der Waals surface area contributed by atoms with Crippen LogP contribution in [0.2, 0.25) is 0 Å². The molecule has 0 fully saturated rings. The van der Waals surface area contributed by atoms with Crippen LogP contribution in [0.1, 0.15) is 24.0 Å². The largest absolute Gasteiger partial charge is 0.416 e. The molecule has 0 atom stereocenters. The van der Waals surface area contributed by atoms with Crippen LogP contribution in [0.5, 0.6) is 0 Å². The molecule has 74 valence electrons. The molecule has 0 saturated heterocycles.